The smallest absolute Gasteiger partial charge is 0.326 e. The van der Waals surface area contributed by atoms with Crippen LogP contribution in [0.15, 0.2) is 12.1 Å². The van der Waals surface area contributed by atoms with Gasteiger partial charge in [0.2, 0.25) is 5.91 Å². The molecule has 2 N–H and O–H groups in total. The number of carbonyl (C=O) groups excluding carboxylic acids is 2. The van der Waals surface area contributed by atoms with Gasteiger partial charge in [-0.15, -0.1) is 0 Å². The van der Waals surface area contributed by atoms with Gasteiger partial charge in [0.15, 0.2) is 17.5 Å². The summed E-state index contributed by atoms with van der Waals surface area (Å²) in [5.41, 5.74) is -0.792. The third-order valence-electron chi connectivity index (χ3n) is 3.08. The second-order valence-electron chi connectivity index (χ2n) is 4.72. The third-order valence-corrected chi connectivity index (χ3v) is 3.08. The van der Waals surface area contributed by atoms with Crippen LogP contribution in [0.4, 0.5) is 13.2 Å². The highest BCUT2D eigenvalue weighted by Gasteiger charge is 2.29. The molecule has 0 radical (unpaired) electrons. The number of nitrogens with zero attached hydrogens (tertiary/aromatic N) is 1. The molecule has 0 fully saturated rings. The summed E-state index contributed by atoms with van der Waals surface area (Å²) in [6.07, 6.45) is 0. The first-order valence-corrected chi connectivity index (χ1v) is 6.58. The molecular formula is C14H15F3N2O4. The second kappa shape index (κ2) is 7.61. The van der Waals surface area contributed by atoms with Crippen LogP contribution in [0.3, 0.4) is 0 Å². The Morgan fingerprint density at radius 1 is 1.22 bits per heavy atom. The van der Waals surface area contributed by atoms with Gasteiger partial charge in [-0.25, -0.2) is 18.0 Å². The summed E-state index contributed by atoms with van der Waals surface area (Å²) in [6, 6.07) is -0.0529. The first-order valence-electron chi connectivity index (χ1n) is 6.58. The minimum absolute atomic E-state index is 0.0794. The van der Waals surface area contributed by atoms with E-state index in [4.69, 9.17) is 5.11 Å². The molecule has 6 nitrogen and oxygen atoms in total. The Morgan fingerprint density at radius 3 is 2.35 bits per heavy atom. The van der Waals surface area contributed by atoms with Crippen molar-refractivity contribution in [3.63, 3.8) is 0 Å². The van der Waals surface area contributed by atoms with Gasteiger partial charge >= 0.3 is 5.97 Å². The van der Waals surface area contributed by atoms with E-state index < -0.39 is 46.8 Å². The summed E-state index contributed by atoms with van der Waals surface area (Å²) in [7, 11) is 0. The molecule has 23 heavy (non-hydrogen) atoms. The number of benzene rings is 1. The molecule has 0 aliphatic heterocycles. The third kappa shape index (κ3) is 4.44. The fourth-order valence-electron chi connectivity index (χ4n) is 1.80. The maximum atomic E-state index is 13.7. The van der Waals surface area contributed by atoms with Gasteiger partial charge in [0.05, 0.1) is 5.56 Å². The first-order chi connectivity index (χ1) is 10.7. The molecule has 0 aliphatic carbocycles. The van der Waals surface area contributed by atoms with E-state index in [0.717, 1.165) is 11.0 Å². The summed E-state index contributed by atoms with van der Waals surface area (Å²) in [4.78, 5) is 34.9. The Kier molecular flexibility index (Phi) is 6.11. The average molecular weight is 332 g/mol. The number of carbonyl (C=O) groups is 3. The molecule has 0 aliphatic rings. The number of aliphatic carboxylic acids is 1. The predicted octanol–water partition coefficient (Wildman–Crippen LogP) is 1.16. The number of amides is 2. The van der Waals surface area contributed by atoms with E-state index in [1.165, 1.54) is 13.8 Å². The van der Waals surface area contributed by atoms with Crippen LogP contribution in [0.2, 0.25) is 0 Å². The van der Waals surface area contributed by atoms with E-state index in [-0.39, 0.29) is 13.1 Å². The van der Waals surface area contributed by atoms with Gasteiger partial charge in [0, 0.05) is 20.0 Å². The molecular weight excluding hydrogens is 317 g/mol. The lowest BCUT2D eigenvalue weighted by atomic mass is 10.1. The van der Waals surface area contributed by atoms with Gasteiger partial charge in [0.1, 0.15) is 6.04 Å². The lowest BCUT2D eigenvalue weighted by Crippen LogP contribution is -2.47. The highest BCUT2D eigenvalue weighted by molar-refractivity contribution is 5.96. The molecule has 126 valence electrons. The van der Waals surface area contributed by atoms with Gasteiger partial charge < -0.3 is 15.3 Å². The largest absolute Gasteiger partial charge is 0.480 e. The summed E-state index contributed by atoms with van der Waals surface area (Å²) in [5, 5.41) is 11.4. The molecule has 0 aromatic heterocycles. The van der Waals surface area contributed by atoms with Crippen molar-refractivity contribution in [2.24, 2.45) is 0 Å². The molecule has 1 aromatic rings. The predicted molar refractivity (Wildman–Crippen MR) is 73.1 cm³/mol. The van der Waals surface area contributed by atoms with Crippen LogP contribution in [0, 0.1) is 17.5 Å². The normalized spacial score (nSPS) is 11.7. The van der Waals surface area contributed by atoms with Gasteiger partial charge in [-0.2, -0.15) is 0 Å². The number of carboxylic acid groups (broad SMARTS) is 1. The number of hydrogen-bond donors (Lipinski definition) is 2. The number of carboxylic acids is 1. The van der Waals surface area contributed by atoms with Gasteiger partial charge in [0.25, 0.3) is 5.91 Å². The van der Waals surface area contributed by atoms with Crippen molar-refractivity contribution in [1.82, 2.24) is 10.2 Å². The van der Waals surface area contributed by atoms with Crippen LogP contribution < -0.4 is 5.32 Å². The number of rotatable bonds is 6. The molecule has 0 saturated carbocycles. The summed E-state index contributed by atoms with van der Waals surface area (Å²) in [6.45, 7) is 2.07. The maximum Gasteiger partial charge on any atom is 0.326 e. The Hall–Kier alpha value is -2.58. The molecule has 0 heterocycles. The van der Waals surface area contributed by atoms with Crippen LogP contribution in [-0.4, -0.2) is 46.9 Å². The Labute approximate surface area is 129 Å². The summed E-state index contributed by atoms with van der Waals surface area (Å²) in [5.74, 6) is -7.88. The average Bonchev–Trinajstić information content (AvgIpc) is 2.47. The Morgan fingerprint density at radius 2 is 1.83 bits per heavy atom. The highest BCUT2D eigenvalue weighted by Crippen LogP contribution is 2.18. The molecule has 1 aromatic carbocycles. The SMILES string of the molecule is CC(=O)NCCN(C(=O)c1ccc(F)c(F)c1F)C(C)C(=O)O. The Bertz CT molecular complexity index is 637. The van der Waals surface area contributed by atoms with E-state index in [9.17, 15) is 27.6 Å². The van der Waals surface area contributed by atoms with E-state index >= 15 is 0 Å². The van der Waals surface area contributed by atoms with Crippen molar-refractivity contribution in [3.05, 3.63) is 35.1 Å². The molecule has 9 heteroatoms. The first kappa shape index (κ1) is 18.5. The zero-order valence-electron chi connectivity index (χ0n) is 12.4. The lowest BCUT2D eigenvalue weighted by molar-refractivity contribution is -0.141. The molecule has 1 rings (SSSR count). The standard InChI is InChI=1S/C14H15F3N2O4/c1-7(14(22)23)19(6-5-18-8(2)20)13(21)9-3-4-10(15)12(17)11(9)16/h3-4,7H,5-6H2,1-2H3,(H,18,20)(H,22,23). The lowest BCUT2D eigenvalue weighted by Gasteiger charge is -2.26. The highest BCUT2D eigenvalue weighted by atomic mass is 19.2. The van der Waals surface area contributed by atoms with E-state index in [1.807, 2.05) is 0 Å². The number of halogens is 3. The van der Waals surface area contributed by atoms with Crippen LogP contribution in [0.25, 0.3) is 0 Å². The van der Waals surface area contributed by atoms with Crippen molar-refractivity contribution in [3.8, 4) is 0 Å². The van der Waals surface area contributed by atoms with Crippen LogP contribution in [0.1, 0.15) is 24.2 Å². The van der Waals surface area contributed by atoms with E-state index in [1.54, 1.807) is 0 Å². The fraction of sp³-hybridized carbons (Fsp3) is 0.357. The monoisotopic (exact) mass is 332 g/mol. The summed E-state index contributed by atoms with van der Waals surface area (Å²) < 4.78 is 39.9. The Balaban J connectivity index is 3.10. The maximum absolute atomic E-state index is 13.7. The molecule has 1 unspecified atom stereocenters. The molecule has 0 bridgehead atoms. The molecule has 2 amide bonds. The second-order valence-corrected chi connectivity index (χ2v) is 4.72. The topological polar surface area (TPSA) is 86.7 Å². The van der Waals surface area contributed by atoms with Crippen LogP contribution in [0.5, 0.6) is 0 Å². The quantitative estimate of drug-likeness (QED) is 0.765. The fourth-order valence-corrected chi connectivity index (χ4v) is 1.80. The minimum Gasteiger partial charge on any atom is -0.480 e. The summed E-state index contributed by atoms with van der Waals surface area (Å²) >= 11 is 0. The van der Waals surface area contributed by atoms with E-state index in [2.05, 4.69) is 5.32 Å². The molecule has 0 saturated heterocycles. The van der Waals surface area contributed by atoms with Crippen LogP contribution >= 0.6 is 0 Å². The van der Waals surface area contributed by atoms with Crippen molar-refractivity contribution >= 4 is 17.8 Å². The minimum atomic E-state index is -1.82. The van der Waals surface area contributed by atoms with Crippen molar-refractivity contribution < 1.29 is 32.7 Å². The van der Waals surface area contributed by atoms with Crippen LogP contribution in [-0.2, 0) is 9.59 Å². The van der Waals surface area contributed by atoms with Gasteiger partial charge in [-0.1, -0.05) is 0 Å². The van der Waals surface area contributed by atoms with Gasteiger partial charge in [-0.05, 0) is 19.1 Å². The zero-order valence-corrected chi connectivity index (χ0v) is 12.4. The number of nitrogens with one attached hydrogen (secondary N) is 1. The van der Waals surface area contributed by atoms with Crippen molar-refractivity contribution in [1.29, 1.82) is 0 Å². The molecule has 0 spiro atoms. The zero-order chi connectivity index (χ0) is 17.7. The number of hydrogen-bond acceptors (Lipinski definition) is 3. The van der Waals surface area contributed by atoms with Crippen molar-refractivity contribution in [2.75, 3.05) is 13.1 Å². The molecule has 1 atom stereocenters. The van der Waals surface area contributed by atoms with Crippen molar-refractivity contribution in [2.45, 2.75) is 19.9 Å². The van der Waals surface area contributed by atoms with Gasteiger partial charge in [-0.3, -0.25) is 9.59 Å². The van der Waals surface area contributed by atoms with E-state index in [0.29, 0.717) is 6.07 Å².